The van der Waals surface area contributed by atoms with Crippen molar-refractivity contribution in [2.45, 2.75) is 30.8 Å². The normalized spacial score (nSPS) is 17.1. The molecule has 6 nitrogen and oxygen atoms in total. The van der Waals surface area contributed by atoms with Crippen LogP contribution in [0.2, 0.25) is 0 Å². The Morgan fingerprint density at radius 1 is 1.40 bits per heavy atom. The lowest BCUT2D eigenvalue weighted by Crippen LogP contribution is -2.47. The molecule has 0 aromatic heterocycles. The van der Waals surface area contributed by atoms with Gasteiger partial charge in [0.05, 0.1) is 25.1 Å². The Hall–Kier alpha value is -2.08. The molecule has 0 spiro atoms. The Morgan fingerprint density at radius 3 is 2.60 bits per heavy atom. The molecule has 20 heavy (non-hydrogen) atoms. The van der Waals surface area contributed by atoms with Crippen molar-refractivity contribution in [3.63, 3.8) is 0 Å². The predicted molar refractivity (Wildman–Crippen MR) is 73.8 cm³/mol. The molecule has 2 rings (SSSR count). The highest BCUT2D eigenvalue weighted by Crippen LogP contribution is 2.48. The van der Waals surface area contributed by atoms with Gasteiger partial charge < -0.3 is 21.5 Å². The molecule has 0 bridgehead atoms. The second kappa shape index (κ2) is 5.50. The molecule has 1 fully saturated rings. The van der Waals surface area contributed by atoms with E-state index in [4.69, 9.17) is 16.2 Å². The van der Waals surface area contributed by atoms with Crippen LogP contribution in [0.15, 0.2) is 24.3 Å². The molecule has 0 unspecified atom stereocenters. The van der Waals surface area contributed by atoms with Gasteiger partial charge in [0.2, 0.25) is 11.8 Å². The first-order valence-electron chi connectivity index (χ1n) is 6.48. The van der Waals surface area contributed by atoms with E-state index in [0.717, 1.165) is 24.2 Å². The molecule has 2 amide bonds. The second-order valence-corrected chi connectivity index (χ2v) is 5.05. The van der Waals surface area contributed by atoms with Crippen molar-refractivity contribution < 1.29 is 14.3 Å². The minimum Gasteiger partial charge on any atom is -0.496 e. The Bertz CT molecular complexity index is 526. The van der Waals surface area contributed by atoms with E-state index < -0.39 is 17.5 Å². The zero-order chi connectivity index (χ0) is 14.8. The van der Waals surface area contributed by atoms with E-state index in [1.807, 2.05) is 24.3 Å². The van der Waals surface area contributed by atoms with Gasteiger partial charge in [0.25, 0.3) is 0 Å². The number of hydrogen-bond donors (Lipinski definition) is 3. The molecule has 1 aromatic carbocycles. The van der Waals surface area contributed by atoms with Gasteiger partial charge in [-0.25, -0.2) is 0 Å². The Kier molecular flexibility index (Phi) is 3.94. The van der Waals surface area contributed by atoms with Crippen LogP contribution in [0.25, 0.3) is 0 Å². The van der Waals surface area contributed by atoms with Gasteiger partial charge in [-0.05, 0) is 18.9 Å². The van der Waals surface area contributed by atoms with E-state index in [2.05, 4.69) is 5.32 Å². The molecular weight excluding hydrogens is 258 g/mol. The first-order chi connectivity index (χ1) is 9.48. The van der Waals surface area contributed by atoms with Gasteiger partial charge in [-0.15, -0.1) is 0 Å². The number of benzene rings is 1. The van der Waals surface area contributed by atoms with Crippen molar-refractivity contribution >= 4 is 11.8 Å². The van der Waals surface area contributed by atoms with E-state index in [1.165, 1.54) is 0 Å². The monoisotopic (exact) mass is 277 g/mol. The van der Waals surface area contributed by atoms with E-state index in [9.17, 15) is 9.59 Å². The second-order valence-electron chi connectivity index (χ2n) is 5.05. The topological polar surface area (TPSA) is 107 Å². The van der Waals surface area contributed by atoms with Crippen LogP contribution in [0.1, 0.15) is 24.8 Å². The van der Waals surface area contributed by atoms with E-state index in [0.29, 0.717) is 0 Å². The minimum absolute atomic E-state index is 0.159. The molecule has 6 heteroatoms. The molecule has 5 N–H and O–H groups in total. The number of carbonyl (C=O) groups is 2. The van der Waals surface area contributed by atoms with E-state index in [1.54, 1.807) is 7.11 Å². The Labute approximate surface area is 117 Å². The SMILES string of the molecule is COc1ccccc1C1(NC(=O)[C@@H](N)CC(N)=O)CC1. The van der Waals surface area contributed by atoms with Gasteiger partial charge >= 0.3 is 0 Å². The highest BCUT2D eigenvalue weighted by atomic mass is 16.5. The number of primary amides is 1. The van der Waals surface area contributed by atoms with Crippen LogP contribution in [0, 0.1) is 0 Å². The molecular formula is C14H19N3O3. The smallest absolute Gasteiger partial charge is 0.238 e. The van der Waals surface area contributed by atoms with Gasteiger partial charge in [-0.3, -0.25) is 9.59 Å². The number of methoxy groups -OCH3 is 1. The number of para-hydroxylation sites is 1. The van der Waals surface area contributed by atoms with Gasteiger partial charge in [0.1, 0.15) is 5.75 Å². The summed E-state index contributed by atoms with van der Waals surface area (Å²) in [4.78, 5) is 22.8. The molecule has 0 aliphatic heterocycles. The highest BCUT2D eigenvalue weighted by molar-refractivity contribution is 5.88. The first-order valence-corrected chi connectivity index (χ1v) is 6.48. The standard InChI is InChI=1S/C14H19N3O3/c1-20-11-5-3-2-4-9(11)14(6-7-14)17-13(19)10(15)8-12(16)18/h2-5,10H,6-8,15H2,1H3,(H2,16,18)(H,17,19)/t10-/m0/s1. The van der Waals surface area contributed by atoms with Crippen molar-refractivity contribution in [1.82, 2.24) is 5.32 Å². The number of ether oxygens (including phenoxy) is 1. The zero-order valence-corrected chi connectivity index (χ0v) is 11.4. The molecule has 0 saturated heterocycles. The van der Waals surface area contributed by atoms with Crippen LogP contribution in [0.4, 0.5) is 0 Å². The lowest BCUT2D eigenvalue weighted by Gasteiger charge is -2.22. The third-order valence-electron chi connectivity index (χ3n) is 3.49. The van der Waals surface area contributed by atoms with Crippen molar-refractivity contribution in [2.24, 2.45) is 11.5 Å². The summed E-state index contributed by atoms with van der Waals surface area (Å²) < 4.78 is 5.32. The van der Waals surface area contributed by atoms with E-state index in [-0.39, 0.29) is 12.3 Å². The maximum Gasteiger partial charge on any atom is 0.238 e. The highest BCUT2D eigenvalue weighted by Gasteiger charge is 2.47. The van der Waals surface area contributed by atoms with Crippen molar-refractivity contribution in [3.8, 4) is 5.75 Å². The van der Waals surface area contributed by atoms with Crippen LogP contribution in [0.5, 0.6) is 5.75 Å². The number of nitrogens with two attached hydrogens (primary N) is 2. The summed E-state index contributed by atoms with van der Waals surface area (Å²) in [6, 6.07) is 6.63. The summed E-state index contributed by atoms with van der Waals surface area (Å²) in [7, 11) is 1.59. The fourth-order valence-electron chi connectivity index (χ4n) is 2.26. The molecule has 1 aliphatic carbocycles. The number of amides is 2. The summed E-state index contributed by atoms with van der Waals surface area (Å²) in [6.07, 6.45) is 1.48. The molecule has 1 aliphatic rings. The number of rotatable bonds is 6. The Balaban J connectivity index is 2.12. The van der Waals surface area contributed by atoms with Crippen LogP contribution >= 0.6 is 0 Å². The van der Waals surface area contributed by atoms with Gasteiger partial charge in [-0.2, -0.15) is 0 Å². The molecule has 0 radical (unpaired) electrons. The number of nitrogens with one attached hydrogen (secondary N) is 1. The van der Waals surface area contributed by atoms with Crippen LogP contribution < -0.4 is 21.5 Å². The van der Waals surface area contributed by atoms with E-state index >= 15 is 0 Å². The maximum absolute atomic E-state index is 12.0. The lowest BCUT2D eigenvalue weighted by molar-refractivity contribution is -0.127. The summed E-state index contributed by atoms with van der Waals surface area (Å²) in [5, 5.41) is 2.91. The minimum atomic E-state index is -0.917. The third kappa shape index (κ3) is 2.91. The zero-order valence-electron chi connectivity index (χ0n) is 11.4. The molecule has 108 valence electrons. The lowest BCUT2D eigenvalue weighted by atomic mass is 10.0. The fraction of sp³-hybridized carbons (Fsp3) is 0.429. The van der Waals surface area contributed by atoms with Crippen molar-refractivity contribution in [2.75, 3.05) is 7.11 Å². The maximum atomic E-state index is 12.0. The van der Waals surface area contributed by atoms with Crippen molar-refractivity contribution in [1.29, 1.82) is 0 Å². The van der Waals surface area contributed by atoms with Gasteiger partial charge in [0, 0.05) is 5.56 Å². The molecule has 0 heterocycles. The van der Waals surface area contributed by atoms with Crippen molar-refractivity contribution in [3.05, 3.63) is 29.8 Å². The number of carbonyl (C=O) groups excluding carboxylic acids is 2. The summed E-state index contributed by atoms with van der Waals surface area (Å²) >= 11 is 0. The summed E-state index contributed by atoms with van der Waals surface area (Å²) in [5.74, 6) is -0.226. The third-order valence-corrected chi connectivity index (χ3v) is 3.49. The van der Waals surface area contributed by atoms with Gasteiger partial charge in [0.15, 0.2) is 0 Å². The largest absolute Gasteiger partial charge is 0.496 e. The first kappa shape index (κ1) is 14.3. The molecule has 1 aromatic rings. The molecule has 1 atom stereocenters. The molecule has 1 saturated carbocycles. The quantitative estimate of drug-likeness (QED) is 0.680. The average Bonchev–Trinajstić information content (AvgIpc) is 3.18. The van der Waals surface area contributed by atoms with Crippen LogP contribution in [-0.2, 0) is 15.1 Å². The van der Waals surface area contributed by atoms with Crippen LogP contribution in [0.3, 0.4) is 0 Å². The fourth-order valence-corrected chi connectivity index (χ4v) is 2.26. The number of hydrogen-bond acceptors (Lipinski definition) is 4. The summed E-state index contributed by atoms with van der Waals surface area (Å²) in [5.41, 5.74) is 11.2. The summed E-state index contributed by atoms with van der Waals surface area (Å²) in [6.45, 7) is 0. The van der Waals surface area contributed by atoms with Gasteiger partial charge in [-0.1, -0.05) is 18.2 Å². The average molecular weight is 277 g/mol. The van der Waals surface area contributed by atoms with Crippen LogP contribution in [-0.4, -0.2) is 25.0 Å². The predicted octanol–water partition coefficient (Wildman–Crippen LogP) is 0.00320. The Morgan fingerprint density at radius 2 is 2.05 bits per heavy atom.